The topological polar surface area (TPSA) is 29.3 Å². The van der Waals surface area contributed by atoms with Crippen molar-refractivity contribution in [2.75, 3.05) is 19.6 Å². The van der Waals surface area contributed by atoms with Crippen molar-refractivity contribution in [2.45, 2.75) is 13.0 Å². The SMILES string of the molecule is NCC1CCN(Cc2cc(Br)ccc2F)C1. The maximum atomic E-state index is 13.5. The van der Waals surface area contributed by atoms with Crippen molar-refractivity contribution in [1.82, 2.24) is 4.90 Å². The minimum Gasteiger partial charge on any atom is -0.330 e. The van der Waals surface area contributed by atoms with Crippen LogP contribution in [-0.2, 0) is 6.54 Å². The Balaban J connectivity index is 2.01. The zero-order valence-electron chi connectivity index (χ0n) is 9.13. The van der Waals surface area contributed by atoms with Gasteiger partial charge < -0.3 is 5.73 Å². The van der Waals surface area contributed by atoms with Crippen LogP contribution >= 0.6 is 15.9 Å². The number of hydrogen-bond donors (Lipinski definition) is 1. The lowest BCUT2D eigenvalue weighted by molar-refractivity contribution is 0.312. The molecule has 4 heteroatoms. The van der Waals surface area contributed by atoms with E-state index in [4.69, 9.17) is 5.73 Å². The second-order valence-corrected chi connectivity index (χ2v) is 5.28. The van der Waals surface area contributed by atoms with Crippen LogP contribution in [0.25, 0.3) is 0 Å². The highest BCUT2D eigenvalue weighted by molar-refractivity contribution is 9.10. The highest BCUT2D eigenvalue weighted by Gasteiger charge is 2.21. The molecule has 2 N–H and O–H groups in total. The highest BCUT2D eigenvalue weighted by Crippen LogP contribution is 2.21. The third-order valence-corrected chi connectivity index (χ3v) is 3.60. The molecule has 1 aromatic rings. The zero-order valence-corrected chi connectivity index (χ0v) is 10.7. The predicted octanol–water partition coefficient (Wildman–Crippen LogP) is 2.37. The van der Waals surface area contributed by atoms with Gasteiger partial charge in [-0.3, -0.25) is 4.90 Å². The minimum absolute atomic E-state index is 0.126. The second-order valence-electron chi connectivity index (χ2n) is 4.36. The first kappa shape index (κ1) is 12.0. The van der Waals surface area contributed by atoms with Crippen LogP contribution in [-0.4, -0.2) is 24.5 Å². The van der Waals surface area contributed by atoms with Crippen molar-refractivity contribution in [1.29, 1.82) is 0 Å². The predicted molar refractivity (Wildman–Crippen MR) is 66.5 cm³/mol. The van der Waals surface area contributed by atoms with Gasteiger partial charge in [0.15, 0.2) is 0 Å². The molecular weight excluding hydrogens is 271 g/mol. The molecule has 88 valence electrons. The molecule has 1 aliphatic rings. The van der Waals surface area contributed by atoms with Crippen LogP contribution in [0.3, 0.4) is 0 Å². The van der Waals surface area contributed by atoms with Crippen LogP contribution in [0.1, 0.15) is 12.0 Å². The van der Waals surface area contributed by atoms with E-state index < -0.39 is 0 Å². The molecule has 0 amide bonds. The summed E-state index contributed by atoms with van der Waals surface area (Å²) >= 11 is 3.37. The maximum absolute atomic E-state index is 13.5. The normalized spacial score (nSPS) is 21.6. The van der Waals surface area contributed by atoms with Crippen LogP contribution in [0.2, 0.25) is 0 Å². The molecule has 16 heavy (non-hydrogen) atoms. The van der Waals surface area contributed by atoms with Gasteiger partial charge in [0.25, 0.3) is 0 Å². The largest absolute Gasteiger partial charge is 0.330 e. The molecule has 2 rings (SSSR count). The van der Waals surface area contributed by atoms with E-state index >= 15 is 0 Å². The van der Waals surface area contributed by atoms with Gasteiger partial charge in [0.2, 0.25) is 0 Å². The van der Waals surface area contributed by atoms with E-state index in [1.807, 2.05) is 6.07 Å². The standard InChI is InChI=1S/C12H16BrFN2/c13-11-1-2-12(14)10(5-11)8-16-4-3-9(6-15)7-16/h1-2,5,9H,3-4,6-8,15H2. The molecule has 0 spiro atoms. The van der Waals surface area contributed by atoms with Crippen LogP contribution in [0, 0.1) is 11.7 Å². The molecule has 0 aromatic heterocycles. The summed E-state index contributed by atoms with van der Waals surface area (Å²) < 4.78 is 14.5. The lowest BCUT2D eigenvalue weighted by Gasteiger charge is -2.16. The number of halogens is 2. The third kappa shape index (κ3) is 2.81. The minimum atomic E-state index is -0.126. The molecule has 2 nitrogen and oxygen atoms in total. The van der Waals surface area contributed by atoms with Gasteiger partial charge in [-0.1, -0.05) is 15.9 Å². The molecule has 1 saturated heterocycles. The van der Waals surface area contributed by atoms with Gasteiger partial charge in [-0.25, -0.2) is 4.39 Å². The summed E-state index contributed by atoms with van der Waals surface area (Å²) in [6, 6.07) is 5.09. The zero-order chi connectivity index (χ0) is 11.5. The van der Waals surface area contributed by atoms with Gasteiger partial charge in [0, 0.05) is 23.1 Å². The third-order valence-electron chi connectivity index (χ3n) is 3.11. The first-order valence-corrected chi connectivity index (χ1v) is 6.34. The molecular formula is C12H16BrFN2. The van der Waals surface area contributed by atoms with Crippen LogP contribution in [0.4, 0.5) is 4.39 Å². The molecule has 0 saturated carbocycles. The van der Waals surface area contributed by atoms with Crippen molar-refractivity contribution in [2.24, 2.45) is 11.7 Å². The van der Waals surface area contributed by atoms with E-state index in [1.54, 1.807) is 6.07 Å². The van der Waals surface area contributed by atoms with Crippen LogP contribution in [0.5, 0.6) is 0 Å². The van der Waals surface area contributed by atoms with Crippen molar-refractivity contribution >= 4 is 15.9 Å². The van der Waals surface area contributed by atoms with E-state index in [0.717, 1.165) is 36.1 Å². The molecule has 1 heterocycles. The summed E-state index contributed by atoms with van der Waals surface area (Å²) in [6.45, 7) is 3.43. The number of benzene rings is 1. The fourth-order valence-electron chi connectivity index (χ4n) is 2.15. The molecule has 1 aromatic carbocycles. The van der Waals surface area contributed by atoms with Crippen molar-refractivity contribution in [3.05, 3.63) is 34.1 Å². The average molecular weight is 287 g/mol. The van der Waals surface area contributed by atoms with E-state index in [-0.39, 0.29) is 5.82 Å². The van der Waals surface area contributed by atoms with E-state index in [1.165, 1.54) is 6.07 Å². The first-order valence-electron chi connectivity index (χ1n) is 5.55. The Labute approximate surface area is 104 Å². The Hall–Kier alpha value is -0.450. The Bertz CT molecular complexity index is 370. The quantitative estimate of drug-likeness (QED) is 0.924. The van der Waals surface area contributed by atoms with Gasteiger partial charge in [-0.05, 0) is 43.6 Å². The Morgan fingerprint density at radius 3 is 3.00 bits per heavy atom. The summed E-state index contributed by atoms with van der Waals surface area (Å²) in [5.74, 6) is 0.453. The highest BCUT2D eigenvalue weighted by atomic mass is 79.9. The Kier molecular flexibility index (Phi) is 3.95. The summed E-state index contributed by atoms with van der Waals surface area (Å²) in [7, 11) is 0. The first-order chi connectivity index (χ1) is 7.69. The number of hydrogen-bond acceptors (Lipinski definition) is 2. The molecule has 0 aliphatic carbocycles. The summed E-state index contributed by atoms with van der Waals surface area (Å²) in [5, 5.41) is 0. The van der Waals surface area contributed by atoms with E-state index in [0.29, 0.717) is 12.5 Å². The molecule has 0 radical (unpaired) electrons. The van der Waals surface area contributed by atoms with E-state index in [2.05, 4.69) is 20.8 Å². The van der Waals surface area contributed by atoms with Crippen molar-refractivity contribution in [3.8, 4) is 0 Å². The monoisotopic (exact) mass is 286 g/mol. The van der Waals surface area contributed by atoms with Crippen molar-refractivity contribution in [3.63, 3.8) is 0 Å². The maximum Gasteiger partial charge on any atom is 0.127 e. The Morgan fingerprint density at radius 1 is 1.50 bits per heavy atom. The van der Waals surface area contributed by atoms with Crippen LogP contribution < -0.4 is 5.73 Å². The number of likely N-dealkylation sites (tertiary alicyclic amines) is 1. The molecule has 1 fully saturated rings. The average Bonchev–Trinajstić information content (AvgIpc) is 2.71. The van der Waals surface area contributed by atoms with Crippen LogP contribution in [0.15, 0.2) is 22.7 Å². The molecule has 1 aliphatic heterocycles. The van der Waals surface area contributed by atoms with Gasteiger partial charge in [-0.2, -0.15) is 0 Å². The number of rotatable bonds is 3. The van der Waals surface area contributed by atoms with Gasteiger partial charge >= 0.3 is 0 Å². The summed E-state index contributed by atoms with van der Waals surface area (Å²) in [5.41, 5.74) is 6.39. The Morgan fingerprint density at radius 2 is 2.31 bits per heavy atom. The molecule has 0 bridgehead atoms. The lowest BCUT2D eigenvalue weighted by Crippen LogP contribution is -2.23. The second kappa shape index (κ2) is 5.25. The van der Waals surface area contributed by atoms with Gasteiger partial charge in [0.1, 0.15) is 5.82 Å². The van der Waals surface area contributed by atoms with Gasteiger partial charge in [0.05, 0.1) is 0 Å². The lowest BCUT2D eigenvalue weighted by atomic mass is 10.1. The number of nitrogens with two attached hydrogens (primary N) is 1. The fourth-order valence-corrected chi connectivity index (χ4v) is 2.56. The smallest absolute Gasteiger partial charge is 0.127 e. The summed E-state index contributed by atoms with van der Waals surface area (Å²) in [6.07, 6.45) is 1.13. The van der Waals surface area contributed by atoms with Gasteiger partial charge in [-0.15, -0.1) is 0 Å². The molecule has 1 unspecified atom stereocenters. The van der Waals surface area contributed by atoms with Crippen molar-refractivity contribution < 1.29 is 4.39 Å². The number of nitrogens with zero attached hydrogens (tertiary/aromatic N) is 1. The molecule has 1 atom stereocenters. The summed E-state index contributed by atoms with van der Waals surface area (Å²) in [4.78, 5) is 2.27. The fraction of sp³-hybridized carbons (Fsp3) is 0.500. The van der Waals surface area contributed by atoms with E-state index in [9.17, 15) is 4.39 Å².